The molecule has 5 heteroatoms. The number of hydrogen-bond acceptors (Lipinski definition) is 3. The molecule has 102 valence electrons. The summed E-state index contributed by atoms with van der Waals surface area (Å²) in [7, 11) is 0. The highest BCUT2D eigenvalue weighted by atomic mass is 79.9. The smallest absolute Gasteiger partial charge is 0.0860 e. The largest absolute Gasteiger partial charge is 0.390 e. The first-order valence-corrected chi connectivity index (χ1v) is 7.09. The molecule has 2 atom stereocenters. The van der Waals surface area contributed by atoms with E-state index < -0.39 is 6.10 Å². The van der Waals surface area contributed by atoms with Gasteiger partial charge in [-0.05, 0) is 30.7 Å². The number of aliphatic hydroxyl groups excluding tert-OH is 1. The van der Waals surface area contributed by atoms with E-state index in [2.05, 4.69) is 45.4 Å². The third-order valence-electron chi connectivity index (χ3n) is 2.99. The minimum absolute atomic E-state index is 0.209. The van der Waals surface area contributed by atoms with Crippen LogP contribution in [0.25, 0.3) is 0 Å². The lowest BCUT2D eigenvalue weighted by Crippen LogP contribution is -2.32. The van der Waals surface area contributed by atoms with Crippen LogP contribution in [0.4, 0.5) is 0 Å². The van der Waals surface area contributed by atoms with Gasteiger partial charge in [0, 0.05) is 29.5 Å². The van der Waals surface area contributed by atoms with Crippen LogP contribution in [0.15, 0.2) is 47.2 Å². The summed E-state index contributed by atoms with van der Waals surface area (Å²) in [5, 5.41) is 17.3. The molecule has 0 saturated carbocycles. The Labute approximate surface area is 121 Å². The van der Waals surface area contributed by atoms with Crippen LogP contribution < -0.4 is 5.32 Å². The van der Waals surface area contributed by atoms with Gasteiger partial charge in [-0.1, -0.05) is 28.1 Å². The standard InChI is InChI=1S/C14H18BrN3O/c1-11(12-3-5-13(15)6-4-12)16-9-14(19)10-18-8-2-7-17-18/h2-8,11,14,16,19H,9-10H2,1H3/t11-,14?/m1/s1. The van der Waals surface area contributed by atoms with Crippen LogP contribution in [0.2, 0.25) is 0 Å². The normalized spacial score (nSPS) is 14.3. The van der Waals surface area contributed by atoms with Gasteiger partial charge in [0.25, 0.3) is 0 Å². The number of benzene rings is 1. The fourth-order valence-electron chi connectivity index (χ4n) is 1.87. The predicted molar refractivity (Wildman–Crippen MR) is 78.8 cm³/mol. The molecule has 0 saturated heterocycles. The molecule has 0 aliphatic heterocycles. The monoisotopic (exact) mass is 323 g/mol. The zero-order valence-electron chi connectivity index (χ0n) is 10.8. The number of nitrogens with one attached hydrogen (secondary N) is 1. The first-order chi connectivity index (χ1) is 9.15. The van der Waals surface area contributed by atoms with E-state index in [0.29, 0.717) is 13.1 Å². The third kappa shape index (κ3) is 4.45. The Morgan fingerprint density at radius 3 is 2.74 bits per heavy atom. The summed E-state index contributed by atoms with van der Waals surface area (Å²) < 4.78 is 2.80. The van der Waals surface area contributed by atoms with Gasteiger partial charge in [0.05, 0.1) is 12.6 Å². The van der Waals surface area contributed by atoms with Crippen molar-refractivity contribution < 1.29 is 5.11 Å². The third-order valence-corrected chi connectivity index (χ3v) is 3.52. The van der Waals surface area contributed by atoms with Crippen LogP contribution in [0.3, 0.4) is 0 Å². The van der Waals surface area contributed by atoms with E-state index in [1.165, 1.54) is 5.56 Å². The summed E-state index contributed by atoms with van der Waals surface area (Å²) in [6.07, 6.45) is 3.11. The maximum atomic E-state index is 9.93. The maximum absolute atomic E-state index is 9.93. The average molecular weight is 324 g/mol. The first-order valence-electron chi connectivity index (χ1n) is 6.29. The highest BCUT2D eigenvalue weighted by Gasteiger charge is 2.09. The second kappa shape index (κ2) is 6.84. The summed E-state index contributed by atoms with van der Waals surface area (Å²) >= 11 is 3.42. The van der Waals surface area contributed by atoms with Crippen LogP contribution in [-0.2, 0) is 6.54 Å². The summed E-state index contributed by atoms with van der Waals surface area (Å²) in [4.78, 5) is 0. The van der Waals surface area contributed by atoms with Gasteiger partial charge in [0.1, 0.15) is 0 Å². The molecule has 0 aliphatic rings. The SMILES string of the molecule is C[C@@H](NCC(O)Cn1cccn1)c1ccc(Br)cc1. The zero-order chi connectivity index (χ0) is 13.7. The number of aliphatic hydroxyl groups is 1. The Balaban J connectivity index is 1.79. The minimum Gasteiger partial charge on any atom is -0.390 e. The second-order valence-electron chi connectivity index (χ2n) is 4.56. The number of nitrogens with zero attached hydrogens (tertiary/aromatic N) is 2. The molecule has 1 unspecified atom stereocenters. The lowest BCUT2D eigenvalue weighted by Gasteiger charge is -2.17. The molecule has 1 heterocycles. The van der Waals surface area contributed by atoms with E-state index in [4.69, 9.17) is 0 Å². The molecule has 4 nitrogen and oxygen atoms in total. The number of rotatable bonds is 6. The number of aromatic nitrogens is 2. The first kappa shape index (κ1) is 14.2. The van der Waals surface area contributed by atoms with E-state index >= 15 is 0 Å². The summed E-state index contributed by atoms with van der Waals surface area (Å²) in [6.45, 7) is 3.13. The Kier molecular flexibility index (Phi) is 5.13. The Bertz CT molecular complexity index is 484. The van der Waals surface area contributed by atoms with Crippen LogP contribution in [0.1, 0.15) is 18.5 Å². The molecule has 1 aromatic carbocycles. The number of hydrogen-bond donors (Lipinski definition) is 2. The van der Waals surface area contributed by atoms with Crippen molar-refractivity contribution in [3.05, 3.63) is 52.8 Å². The van der Waals surface area contributed by atoms with Crippen molar-refractivity contribution in [1.29, 1.82) is 0 Å². The highest BCUT2D eigenvalue weighted by molar-refractivity contribution is 9.10. The van der Waals surface area contributed by atoms with Gasteiger partial charge < -0.3 is 10.4 Å². The highest BCUT2D eigenvalue weighted by Crippen LogP contribution is 2.16. The molecule has 0 fully saturated rings. The van der Waals surface area contributed by atoms with Gasteiger partial charge in [-0.15, -0.1) is 0 Å². The molecule has 2 N–H and O–H groups in total. The number of halogens is 1. The zero-order valence-corrected chi connectivity index (χ0v) is 12.4. The van der Waals surface area contributed by atoms with Crippen molar-refractivity contribution in [3.8, 4) is 0 Å². The van der Waals surface area contributed by atoms with E-state index in [0.717, 1.165) is 4.47 Å². The summed E-state index contributed by atoms with van der Waals surface area (Å²) in [5.41, 5.74) is 1.20. The fraction of sp³-hybridized carbons (Fsp3) is 0.357. The molecule has 2 aromatic rings. The van der Waals surface area contributed by atoms with E-state index in [1.54, 1.807) is 10.9 Å². The van der Waals surface area contributed by atoms with E-state index in [9.17, 15) is 5.11 Å². The minimum atomic E-state index is -0.446. The molecular weight excluding hydrogens is 306 g/mol. The van der Waals surface area contributed by atoms with Crippen molar-refractivity contribution in [3.63, 3.8) is 0 Å². The van der Waals surface area contributed by atoms with Gasteiger partial charge in [0.15, 0.2) is 0 Å². The van der Waals surface area contributed by atoms with Crippen LogP contribution in [-0.4, -0.2) is 27.5 Å². The fourth-order valence-corrected chi connectivity index (χ4v) is 2.14. The molecule has 0 amide bonds. The van der Waals surface area contributed by atoms with E-state index in [-0.39, 0.29) is 6.04 Å². The van der Waals surface area contributed by atoms with Crippen molar-refractivity contribution in [2.24, 2.45) is 0 Å². The molecule has 0 radical (unpaired) electrons. The molecule has 0 aliphatic carbocycles. The van der Waals surface area contributed by atoms with Gasteiger partial charge in [-0.2, -0.15) is 5.10 Å². The van der Waals surface area contributed by atoms with Crippen LogP contribution >= 0.6 is 15.9 Å². The second-order valence-corrected chi connectivity index (χ2v) is 5.48. The van der Waals surface area contributed by atoms with Gasteiger partial charge in [-0.25, -0.2) is 0 Å². The predicted octanol–water partition coefficient (Wildman–Crippen LogP) is 2.36. The Hall–Kier alpha value is -1.17. The van der Waals surface area contributed by atoms with E-state index in [1.807, 2.05) is 24.4 Å². The average Bonchev–Trinajstić information content (AvgIpc) is 2.89. The van der Waals surface area contributed by atoms with Crippen LogP contribution in [0, 0.1) is 0 Å². The molecule has 19 heavy (non-hydrogen) atoms. The molecular formula is C14H18BrN3O. The van der Waals surface area contributed by atoms with Crippen molar-refractivity contribution >= 4 is 15.9 Å². The molecule has 0 spiro atoms. The maximum Gasteiger partial charge on any atom is 0.0860 e. The van der Waals surface area contributed by atoms with Crippen molar-refractivity contribution in [2.75, 3.05) is 6.54 Å². The lowest BCUT2D eigenvalue weighted by molar-refractivity contribution is 0.143. The quantitative estimate of drug-likeness (QED) is 0.858. The summed E-state index contributed by atoms with van der Waals surface area (Å²) in [5.74, 6) is 0. The molecule has 0 bridgehead atoms. The van der Waals surface area contributed by atoms with Gasteiger partial charge in [-0.3, -0.25) is 4.68 Å². The summed E-state index contributed by atoms with van der Waals surface area (Å²) in [6, 6.07) is 10.2. The topological polar surface area (TPSA) is 50.1 Å². The Morgan fingerprint density at radius 2 is 2.11 bits per heavy atom. The van der Waals surface area contributed by atoms with Crippen molar-refractivity contribution in [2.45, 2.75) is 25.6 Å². The van der Waals surface area contributed by atoms with Gasteiger partial charge >= 0.3 is 0 Å². The molecule has 2 rings (SSSR count). The van der Waals surface area contributed by atoms with Gasteiger partial charge in [0.2, 0.25) is 0 Å². The molecule has 1 aromatic heterocycles. The lowest BCUT2D eigenvalue weighted by atomic mass is 10.1. The van der Waals surface area contributed by atoms with Crippen LogP contribution in [0.5, 0.6) is 0 Å². The van der Waals surface area contributed by atoms with Crippen molar-refractivity contribution in [1.82, 2.24) is 15.1 Å². The Morgan fingerprint density at radius 1 is 1.37 bits per heavy atom.